The molecular formula is C27H32F2N6O7. The number of ether oxygens (including phenoxy) is 4. The molecule has 0 spiro atoms. The predicted molar refractivity (Wildman–Crippen MR) is 145 cm³/mol. The van der Waals surface area contributed by atoms with Crippen LogP contribution in [0.1, 0.15) is 55.0 Å². The van der Waals surface area contributed by atoms with Crippen molar-refractivity contribution in [2.24, 2.45) is 0 Å². The van der Waals surface area contributed by atoms with E-state index in [-0.39, 0.29) is 40.4 Å². The Morgan fingerprint density at radius 1 is 1.12 bits per heavy atom. The van der Waals surface area contributed by atoms with Gasteiger partial charge in [-0.3, -0.25) is 20.3 Å². The van der Waals surface area contributed by atoms with Crippen LogP contribution in [-0.2, 0) is 9.47 Å². The molecule has 0 aliphatic carbocycles. The van der Waals surface area contributed by atoms with E-state index in [4.69, 9.17) is 19.6 Å². The van der Waals surface area contributed by atoms with E-state index in [0.717, 1.165) is 18.7 Å². The normalized spacial score (nSPS) is 13.7. The molecule has 0 unspecified atom stereocenters. The maximum atomic E-state index is 12.9. The monoisotopic (exact) mass is 590 g/mol. The Bertz CT molecular complexity index is 1310. The van der Waals surface area contributed by atoms with Crippen molar-refractivity contribution >= 4 is 23.7 Å². The lowest BCUT2D eigenvalue weighted by Gasteiger charge is -2.30. The molecule has 0 bridgehead atoms. The second-order valence-corrected chi connectivity index (χ2v) is 10.1. The average Bonchev–Trinajstić information content (AvgIpc) is 2.85. The van der Waals surface area contributed by atoms with Gasteiger partial charge in [0, 0.05) is 30.9 Å². The fraction of sp³-hybridized carbons (Fsp3) is 0.407. The number of carbonyl (C=O) groups excluding carboxylic acids is 3. The van der Waals surface area contributed by atoms with E-state index in [1.165, 1.54) is 37.5 Å². The van der Waals surface area contributed by atoms with Gasteiger partial charge in [-0.15, -0.1) is 0 Å². The standard InChI is InChI=1S/C27H32F2N6O7/c1-16(15-39-25(28)29)40-18-10-17(23(36)34-21(30)6-7-31-26(38)42-27(2,3)4)11-19(12-18)41-22-14-32-20(13-33-22)24(37)35-8-5-9-35/h6-7,10-14,16,25H,5,8-9,15H2,1-4H3,(H,31,38)(H2,30,34,36)/b7-6-/t16-/m0/s1. The average molecular weight is 591 g/mol. The minimum Gasteiger partial charge on any atom is -0.488 e. The Morgan fingerprint density at radius 2 is 1.83 bits per heavy atom. The van der Waals surface area contributed by atoms with Crippen molar-refractivity contribution < 1.29 is 42.1 Å². The lowest BCUT2D eigenvalue weighted by molar-refractivity contribution is -0.142. The van der Waals surface area contributed by atoms with Crippen LogP contribution in [0.4, 0.5) is 13.6 Å². The molecule has 226 valence electrons. The number of halogens is 2. The van der Waals surface area contributed by atoms with Gasteiger partial charge >= 0.3 is 12.7 Å². The summed E-state index contributed by atoms with van der Waals surface area (Å²) in [5, 5.41) is 12.6. The van der Waals surface area contributed by atoms with Crippen molar-refractivity contribution in [1.82, 2.24) is 25.5 Å². The van der Waals surface area contributed by atoms with E-state index in [1.807, 2.05) is 0 Å². The number of amidine groups is 1. The van der Waals surface area contributed by atoms with Gasteiger partial charge in [-0.2, -0.15) is 8.78 Å². The number of hydrogen-bond donors (Lipinski definition) is 3. The summed E-state index contributed by atoms with van der Waals surface area (Å²) >= 11 is 0. The number of amides is 3. The molecule has 42 heavy (non-hydrogen) atoms. The zero-order chi connectivity index (χ0) is 30.9. The van der Waals surface area contributed by atoms with Crippen LogP contribution in [0.2, 0.25) is 0 Å². The molecule has 2 heterocycles. The number of alkyl carbamates (subject to hydrolysis) is 1. The van der Waals surface area contributed by atoms with E-state index in [0.29, 0.717) is 13.1 Å². The third-order valence-corrected chi connectivity index (χ3v) is 5.25. The van der Waals surface area contributed by atoms with Crippen LogP contribution in [0, 0.1) is 5.41 Å². The number of hydrogen-bond acceptors (Lipinski definition) is 10. The summed E-state index contributed by atoms with van der Waals surface area (Å²) in [4.78, 5) is 46.8. The van der Waals surface area contributed by atoms with Crippen LogP contribution in [-0.4, -0.2) is 76.6 Å². The summed E-state index contributed by atoms with van der Waals surface area (Å²) in [7, 11) is 0. The molecule has 3 N–H and O–H groups in total. The molecule has 15 heteroatoms. The molecule has 1 aliphatic rings. The summed E-state index contributed by atoms with van der Waals surface area (Å²) in [6.45, 7) is 4.48. The molecule has 1 fully saturated rings. The van der Waals surface area contributed by atoms with Crippen LogP contribution < -0.4 is 20.1 Å². The number of rotatable bonds is 11. The molecule has 3 amide bonds. The van der Waals surface area contributed by atoms with E-state index in [1.54, 1.807) is 25.7 Å². The minimum atomic E-state index is -2.98. The van der Waals surface area contributed by atoms with E-state index >= 15 is 0 Å². The van der Waals surface area contributed by atoms with Crippen LogP contribution in [0.3, 0.4) is 0 Å². The first-order valence-corrected chi connectivity index (χ1v) is 12.9. The molecule has 1 atom stereocenters. The van der Waals surface area contributed by atoms with E-state index in [9.17, 15) is 23.2 Å². The maximum Gasteiger partial charge on any atom is 0.411 e. The largest absolute Gasteiger partial charge is 0.488 e. The van der Waals surface area contributed by atoms with Crippen LogP contribution in [0.5, 0.6) is 17.4 Å². The summed E-state index contributed by atoms with van der Waals surface area (Å²) in [5.41, 5.74) is -0.575. The number of carbonyl (C=O) groups is 3. The van der Waals surface area contributed by atoms with Crippen molar-refractivity contribution in [3.63, 3.8) is 0 Å². The van der Waals surface area contributed by atoms with Crippen molar-refractivity contribution in [3.8, 4) is 17.4 Å². The molecule has 1 aliphatic heterocycles. The lowest BCUT2D eigenvalue weighted by Crippen LogP contribution is -2.42. The third-order valence-electron chi connectivity index (χ3n) is 5.25. The molecule has 0 radical (unpaired) electrons. The highest BCUT2D eigenvalue weighted by Gasteiger charge is 2.23. The lowest BCUT2D eigenvalue weighted by atomic mass is 10.2. The number of aromatic nitrogens is 2. The number of benzene rings is 1. The van der Waals surface area contributed by atoms with Gasteiger partial charge in [0.25, 0.3) is 11.8 Å². The molecule has 1 saturated heterocycles. The van der Waals surface area contributed by atoms with Crippen molar-refractivity contribution in [2.45, 2.75) is 52.4 Å². The Labute approximate surface area is 240 Å². The Hall–Kier alpha value is -4.66. The zero-order valence-electron chi connectivity index (χ0n) is 23.5. The number of alkyl halides is 2. The minimum absolute atomic E-state index is 0.0108. The van der Waals surface area contributed by atoms with Crippen LogP contribution in [0.25, 0.3) is 0 Å². The molecule has 1 aromatic carbocycles. The highest BCUT2D eigenvalue weighted by Crippen LogP contribution is 2.27. The highest BCUT2D eigenvalue weighted by atomic mass is 19.3. The number of nitrogens with one attached hydrogen (secondary N) is 3. The number of likely N-dealkylation sites (tertiary alicyclic amines) is 1. The molecule has 2 aromatic rings. The topological polar surface area (TPSA) is 165 Å². The summed E-state index contributed by atoms with van der Waals surface area (Å²) in [6.07, 6.45) is 4.14. The maximum absolute atomic E-state index is 12.9. The first-order chi connectivity index (χ1) is 19.8. The van der Waals surface area contributed by atoms with Crippen molar-refractivity contribution in [3.05, 3.63) is 54.1 Å². The predicted octanol–water partition coefficient (Wildman–Crippen LogP) is 3.87. The molecule has 0 saturated carbocycles. The molecular weight excluding hydrogens is 558 g/mol. The van der Waals surface area contributed by atoms with Gasteiger partial charge in [0.1, 0.15) is 34.7 Å². The quantitative estimate of drug-likeness (QED) is 0.260. The fourth-order valence-electron chi connectivity index (χ4n) is 3.32. The summed E-state index contributed by atoms with van der Waals surface area (Å²) < 4.78 is 45.6. The smallest absolute Gasteiger partial charge is 0.411 e. The zero-order valence-corrected chi connectivity index (χ0v) is 23.5. The van der Waals surface area contributed by atoms with E-state index in [2.05, 4.69) is 25.3 Å². The summed E-state index contributed by atoms with van der Waals surface area (Å²) in [5.74, 6) is -1.19. The Morgan fingerprint density at radius 3 is 2.43 bits per heavy atom. The van der Waals surface area contributed by atoms with Gasteiger partial charge in [-0.05, 0) is 52.3 Å². The van der Waals surface area contributed by atoms with Crippen molar-refractivity contribution in [2.75, 3.05) is 19.7 Å². The van der Waals surface area contributed by atoms with Gasteiger partial charge in [0.05, 0.1) is 19.0 Å². The van der Waals surface area contributed by atoms with Crippen molar-refractivity contribution in [1.29, 1.82) is 5.41 Å². The van der Waals surface area contributed by atoms with Gasteiger partial charge in [-0.25, -0.2) is 14.8 Å². The fourth-order valence-corrected chi connectivity index (χ4v) is 3.32. The third kappa shape index (κ3) is 10.4. The second-order valence-electron chi connectivity index (χ2n) is 10.1. The van der Waals surface area contributed by atoms with Gasteiger partial charge in [0.15, 0.2) is 0 Å². The van der Waals surface area contributed by atoms with Gasteiger partial charge < -0.3 is 29.2 Å². The Kier molecular flexibility index (Phi) is 10.8. The molecule has 3 rings (SSSR count). The van der Waals surface area contributed by atoms with Gasteiger partial charge in [0.2, 0.25) is 5.88 Å². The highest BCUT2D eigenvalue weighted by molar-refractivity contribution is 6.09. The second kappa shape index (κ2) is 14.3. The number of nitrogens with zero attached hydrogens (tertiary/aromatic N) is 3. The van der Waals surface area contributed by atoms with Gasteiger partial charge in [-0.1, -0.05) is 0 Å². The molecule has 13 nitrogen and oxygen atoms in total. The van der Waals surface area contributed by atoms with E-state index < -0.39 is 36.9 Å². The Balaban J connectivity index is 1.73. The summed E-state index contributed by atoms with van der Waals surface area (Å²) in [6, 6.07) is 4.04. The van der Waals surface area contributed by atoms with Crippen LogP contribution in [0.15, 0.2) is 42.9 Å². The first kappa shape index (κ1) is 31.9. The first-order valence-electron chi connectivity index (χ1n) is 12.9. The molecule has 1 aromatic heterocycles. The SMILES string of the molecule is C[C@@H](COC(F)F)Oc1cc(Oc2cnc(C(=O)N3CCC3)cn2)cc(C(=O)NC(=N)/C=C\NC(=O)OC(C)(C)C)c1. The van der Waals surface area contributed by atoms with Crippen LogP contribution >= 0.6 is 0 Å².